The van der Waals surface area contributed by atoms with E-state index in [-0.39, 0.29) is 12.1 Å². The van der Waals surface area contributed by atoms with Crippen molar-refractivity contribution in [3.8, 4) is 0 Å². The summed E-state index contributed by atoms with van der Waals surface area (Å²) in [6.07, 6.45) is 49.2. The zero-order chi connectivity index (χ0) is 39.8. The van der Waals surface area contributed by atoms with Crippen LogP contribution in [-0.4, -0.2) is 27.9 Å². The van der Waals surface area contributed by atoms with E-state index in [1.807, 2.05) is 0 Å². The van der Waals surface area contributed by atoms with Crippen LogP contribution in [0.3, 0.4) is 0 Å². The minimum atomic E-state index is 0.182. The second-order valence-electron chi connectivity index (χ2n) is 16.5. The molecule has 0 saturated carbocycles. The van der Waals surface area contributed by atoms with Crippen molar-refractivity contribution in [2.24, 2.45) is 5.92 Å². The average Bonchev–Trinajstić information content (AvgIpc) is 3.31. The second kappa shape index (κ2) is 18.3. The molecule has 3 aromatic carbocycles. The molecule has 9 rings (SSSR count). The van der Waals surface area contributed by atoms with Crippen LogP contribution < -0.4 is 9.80 Å². The molecule has 6 aliphatic rings. The van der Waals surface area contributed by atoms with Gasteiger partial charge in [-0.3, -0.25) is 0 Å². The van der Waals surface area contributed by atoms with E-state index in [0.29, 0.717) is 12.0 Å². The van der Waals surface area contributed by atoms with Gasteiger partial charge in [-0.05, 0) is 137 Å². The Kier molecular flexibility index (Phi) is 11.9. The van der Waals surface area contributed by atoms with Gasteiger partial charge in [0.25, 0.3) is 0 Å². The molecule has 0 aromatic heterocycles. The fraction of sp³-hybridized carbons (Fsp3) is 0.273. The van der Waals surface area contributed by atoms with Gasteiger partial charge in [-0.25, -0.2) is 0 Å². The highest BCUT2D eigenvalue weighted by molar-refractivity contribution is 5.70. The molecule has 3 aromatic rings. The van der Waals surface area contributed by atoms with E-state index in [4.69, 9.17) is 0 Å². The molecule has 4 unspecified atom stereocenters. The Balaban J connectivity index is 1.06. The lowest BCUT2D eigenvalue weighted by molar-refractivity contribution is 0.314. The predicted molar refractivity (Wildman–Crippen MR) is 249 cm³/mol. The monoisotopic (exact) mass is 774 g/mol. The number of anilines is 3. The number of hydrogen-bond donors (Lipinski definition) is 0. The van der Waals surface area contributed by atoms with E-state index in [1.54, 1.807) is 0 Å². The summed E-state index contributed by atoms with van der Waals surface area (Å²) in [5, 5.41) is 0. The molecule has 0 fully saturated rings. The minimum absolute atomic E-state index is 0.182. The molecule has 0 N–H and O–H groups in total. The van der Waals surface area contributed by atoms with Gasteiger partial charge >= 0.3 is 0 Å². The van der Waals surface area contributed by atoms with Gasteiger partial charge in [0, 0.05) is 57.2 Å². The Bertz CT molecular complexity index is 2240. The topological polar surface area (TPSA) is 13.0 Å². The molecule has 0 amide bonds. The number of benzene rings is 3. The maximum Gasteiger partial charge on any atom is 0.0558 e. The van der Waals surface area contributed by atoms with Gasteiger partial charge in [0.05, 0.1) is 18.1 Å². The Morgan fingerprint density at radius 1 is 0.492 bits per heavy atom. The molecule has 59 heavy (non-hydrogen) atoms. The van der Waals surface area contributed by atoms with Gasteiger partial charge in [-0.1, -0.05) is 122 Å². The van der Waals surface area contributed by atoms with Crippen LogP contribution in [-0.2, 0) is 0 Å². The van der Waals surface area contributed by atoms with Gasteiger partial charge in [-0.2, -0.15) is 0 Å². The Hall–Kier alpha value is -6.00. The second-order valence-corrected chi connectivity index (χ2v) is 16.5. The summed E-state index contributed by atoms with van der Waals surface area (Å²) in [7, 11) is 0. The van der Waals surface area contributed by atoms with Crippen molar-refractivity contribution in [2.45, 2.75) is 89.3 Å². The van der Waals surface area contributed by atoms with E-state index in [9.17, 15) is 0 Å². The van der Waals surface area contributed by atoms with Crippen LogP contribution in [0.2, 0.25) is 0 Å². The van der Waals surface area contributed by atoms with Crippen LogP contribution in [0.4, 0.5) is 17.1 Å². The molecular weight excluding hydrogens is 717 g/mol. The predicted octanol–water partition coefficient (Wildman–Crippen LogP) is 13.7. The smallest absolute Gasteiger partial charge is 0.0558 e. The lowest BCUT2D eigenvalue weighted by Gasteiger charge is -2.43. The third-order valence-corrected chi connectivity index (χ3v) is 12.5. The molecule has 4 nitrogen and oxygen atoms in total. The van der Waals surface area contributed by atoms with Crippen molar-refractivity contribution < 1.29 is 0 Å². The van der Waals surface area contributed by atoms with E-state index in [2.05, 4.69) is 215 Å². The SMILES string of the molecule is CC1CC(N(c2ccccc2)C2C=CCCC2)=CC=C1N(C1=CCC(N(C2=CCCC=C2)C2=CC=CCC2)C=C1)C1C=CC(N(c2ccccc2)c2ccccc2)=CC1. The first-order valence-electron chi connectivity index (χ1n) is 22.1. The minimum Gasteiger partial charge on any atom is -0.338 e. The van der Waals surface area contributed by atoms with Crippen molar-refractivity contribution in [2.75, 3.05) is 9.80 Å². The Morgan fingerprint density at radius 3 is 1.73 bits per heavy atom. The maximum absolute atomic E-state index is 2.67. The summed E-state index contributed by atoms with van der Waals surface area (Å²) in [6, 6.07) is 33.4. The summed E-state index contributed by atoms with van der Waals surface area (Å²) in [5.74, 6) is 0.331. The first-order valence-corrected chi connectivity index (χ1v) is 22.1. The molecular formula is C55H58N4. The summed E-state index contributed by atoms with van der Waals surface area (Å²) < 4.78 is 0. The molecule has 0 heterocycles. The lowest BCUT2D eigenvalue weighted by Crippen LogP contribution is -2.40. The quantitative estimate of drug-likeness (QED) is 0.170. The van der Waals surface area contributed by atoms with Crippen LogP contribution >= 0.6 is 0 Å². The van der Waals surface area contributed by atoms with Crippen molar-refractivity contribution in [3.63, 3.8) is 0 Å². The number of nitrogens with zero attached hydrogens (tertiary/aromatic N) is 4. The number of hydrogen-bond acceptors (Lipinski definition) is 4. The molecule has 4 heteroatoms. The fourth-order valence-electron chi connectivity index (χ4n) is 9.69. The first-order chi connectivity index (χ1) is 29.2. The first kappa shape index (κ1) is 38.5. The fourth-order valence-corrected chi connectivity index (χ4v) is 9.69. The van der Waals surface area contributed by atoms with Gasteiger partial charge in [-0.15, -0.1) is 0 Å². The third-order valence-electron chi connectivity index (χ3n) is 12.5. The molecule has 6 aliphatic carbocycles. The number of para-hydroxylation sites is 3. The van der Waals surface area contributed by atoms with Gasteiger partial charge in [0.2, 0.25) is 0 Å². The molecule has 4 atom stereocenters. The Labute approximate surface area is 352 Å². The van der Waals surface area contributed by atoms with Crippen molar-refractivity contribution >= 4 is 17.1 Å². The third kappa shape index (κ3) is 8.59. The average molecular weight is 775 g/mol. The van der Waals surface area contributed by atoms with E-state index >= 15 is 0 Å². The zero-order valence-corrected chi connectivity index (χ0v) is 34.6. The summed E-state index contributed by atoms with van der Waals surface area (Å²) in [5.41, 5.74) is 11.7. The molecule has 0 saturated heterocycles. The number of allylic oxidation sites excluding steroid dienone is 14. The molecule has 0 radical (unpaired) electrons. The maximum atomic E-state index is 2.67. The Morgan fingerprint density at radius 2 is 1.15 bits per heavy atom. The van der Waals surface area contributed by atoms with Gasteiger partial charge in [0.15, 0.2) is 0 Å². The van der Waals surface area contributed by atoms with E-state index < -0.39 is 0 Å². The highest BCUT2D eigenvalue weighted by atomic mass is 15.2. The highest BCUT2D eigenvalue weighted by Gasteiger charge is 2.33. The van der Waals surface area contributed by atoms with Crippen LogP contribution in [0.15, 0.2) is 222 Å². The molecule has 298 valence electrons. The van der Waals surface area contributed by atoms with Crippen molar-refractivity contribution in [1.29, 1.82) is 0 Å². The molecule has 0 aliphatic heterocycles. The van der Waals surface area contributed by atoms with Gasteiger partial charge < -0.3 is 19.6 Å². The summed E-state index contributed by atoms with van der Waals surface area (Å²) in [4.78, 5) is 10.3. The van der Waals surface area contributed by atoms with Crippen LogP contribution in [0, 0.1) is 5.92 Å². The summed E-state index contributed by atoms with van der Waals surface area (Å²) in [6.45, 7) is 2.44. The zero-order valence-electron chi connectivity index (χ0n) is 34.6. The highest BCUT2D eigenvalue weighted by Crippen LogP contribution is 2.41. The standard InChI is InChI=1S/C55H58N4/c1-43-42-54(58(48-28-16-6-17-29-48)49-30-18-7-19-31-49)40-41-55(43)59(52-36-32-50(33-37-52)56(44-20-8-2-9-21-44)45-22-10-3-11-23-45)53-38-34-51(35-39-53)57(46-24-12-4-13-25-46)47-26-14-5-15-27-47/h2-4,6,8-12,14,16-18,20-24,26-30,32-34,36,38-41,43,49,51-52H,5,7,13,15,19,25,31,35,37,42H2,1H3. The van der Waals surface area contributed by atoms with Crippen LogP contribution in [0.1, 0.15) is 71.1 Å². The van der Waals surface area contributed by atoms with Crippen LogP contribution in [0.25, 0.3) is 0 Å². The van der Waals surface area contributed by atoms with Crippen molar-refractivity contribution in [1.82, 2.24) is 9.80 Å². The van der Waals surface area contributed by atoms with Crippen molar-refractivity contribution in [3.05, 3.63) is 222 Å². The normalized spacial score (nSPS) is 23.6. The van der Waals surface area contributed by atoms with Crippen LogP contribution in [0.5, 0.6) is 0 Å². The largest absolute Gasteiger partial charge is 0.338 e. The molecule has 0 spiro atoms. The number of rotatable bonds is 12. The lowest BCUT2D eigenvalue weighted by atomic mass is 9.89. The molecule has 0 bridgehead atoms. The van der Waals surface area contributed by atoms with Gasteiger partial charge in [0.1, 0.15) is 0 Å². The summed E-state index contributed by atoms with van der Waals surface area (Å²) >= 11 is 0. The van der Waals surface area contributed by atoms with E-state index in [0.717, 1.165) is 44.9 Å². The van der Waals surface area contributed by atoms with E-state index in [1.165, 1.54) is 70.5 Å².